The van der Waals surface area contributed by atoms with Crippen molar-refractivity contribution in [1.29, 1.82) is 5.26 Å². The number of hydrogen-bond acceptors (Lipinski definition) is 3. The molecule has 0 amide bonds. The molecule has 3 nitrogen and oxygen atoms in total. The summed E-state index contributed by atoms with van der Waals surface area (Å²) in [6.45, 7) is 4.71. The fraction of sp³-hybridized carbons (Fsp3) is 0.0889. The number of benzene rings is 6. The Labute approximate surface area is 280 Å². The van der Waals surface area contributed by atoms with Gasteiger partial charge in [-0.25, -0.2) is 9.97 Å². The van der Waals surface area contributed by atoms with Gasteiger partial charge in [-0.05, 0) is 68.8 Å². The molecule has 1 aromatic heterocycles. The summed E-state index contributed by atoms with van der Waals surface area (Å²) in [5.74, 6) is 0.669. The molecule has 6 aromatic carbocycles. The first-order chi connectivity index (χ1) is 23.5. The first-order valence-electron chi connectivity index (χ1n) is 16.4. The van der Waals surface area contributed by atoms with Crippen molar-refractivity contribution >= 4 is 0 Å². The van der Waals surface area contributed by atoms with Crippen LogP contribution in [0, 0.1) is 11.3 Å². The van der Waals surface area contributed by atoms with Crippen molar-refractivity contribution in [2.45, 2.75) is 24.7 Å². The maximum Gasteiger partial charge on any atom is 0.160 e. The molecule has 2 aliphatic carbocycles. The normalized spacial score (nSPS) is 14.4. The van der Waals surface area contributed by atoms with Crippen molar-refractivity contribution in [3.05, 3.63) is 191 Å². The van der Waals surface area contributed by atoms with Crippen molar-refractivity contribution in [3.8, 4) is 51.1 Å². The number of hydrogen-bond donors (Lipinski definition) is 0. The third-order valence-corrected chi connectivity index (χ3v) is 10.4. The molecule has 0 saturated carbocycles. The molecule has 2 aliphatic rings. The number of aromatic nitrogens is 2. The molecule has 226 valence electrons. The van der Waals surface area contributed by atoms with Crippen LogP contribution in [0.15, 0.2) is 152 Å². The van der Waals surface area contributed by atoms with E-state index in [2.05, 4.69) is 117 Å². The van der Waals surface area contributed by atoms with Crippen LogP contribution in [0.3, 0.4) is 0 Å². The van der Waals surface area contributed by atoms with Gasteiger partial charge in [-0.2, -0.15) is 5.26 Å². The second-order valence-electron chi connectivity index (χ2n) is 13.3. The molecule has 0 bridgehead atoms. The van der Waals surface area contributed by atoms with E-state index in [4.69, 9.17) is 9.97 Å². The summed E-state index contributed by atoms with van der Waals surface area (Å²) in [7, 11) is 0. The van der Waals surface area contributed by atoms with Gasteiger partial charge < -0.3 is 0 Å². The summed E-state index contributed by atoms with van der Waals surface area (Å²) in [5, 5.41) is 9.38. The van der Waals surface area contributed by atoms with Crippen LogP contribution in [0.2, 0.25) is 0 Å². The largest absolute Gasteiger partial charge is 0.228 e. The maximum atomic E-state index is 9.38. The van der Waals surface area contributed by atoms with Crippen molar-refractivity contribution in [2.75, 3.05) is 0 Å². The molecule has 1 heterocycles. The minimum atomic E-state index is -0.429. The van der Waals surface area contributed by atoms with Crippen LogP contribution in [-0.2, 0) is 10.8 Å². The second kappa shape index (κ2) is 10.5. The van der Waals surface area contributed by atoms with E-state index in [0.717, 1.165) is 28.1 Å². The molecule has 0 fully saturated rings. The van der Waals surface area contributed by atoms with E-state index in [1.54, 1.807) is 0 Å². The van der Waals surface area contributed by atoms with E-state index in [-0.39, 0.29) is 5.41 Å². The number of fused-ring (bicyclic) bond motifs is 9. The molecule has 0 saturated heterocycles. The SMILES string of the molecule is CC1(C)c2ccccc2C2(c3ccccc3-c3cc(-c4cc(-c5ccc(C#N)cc5)nc(-c5ccccc5)n4)ccc32)c2ccccc21. The molecular weight excluding hydrogens is 583 g/mol. The zero-order chi connectivity index (χ0) is 32.5. The molecule has 1 spiro atoms. The smallest absolute Gasteiger partial charge is 0.160 e. The fourth-order valence-corrected chi connectivity index (χ4v) is 8.20. The number of nitrogens with zero attached hydrogens (tertiary/aromatic N) is 3. The van der Waals surface area contributed by atoms with E-state index >= 15 is 0 Å². The van der Waals surface area contributed by atoms with Gasteiger partial charge in [0.05, 0.1) is 28.4 Å². The van der Waals surface area contributed by atoms with Gasteiger partial charge in [0.15, 0.2) is 5.82 Å². The lowest BCUT2D eigenvalue weighted by molar-refractivity contribution is 0.563. The molecule has 7 aromatic rings. The Morgan fingerprint density at radius 2 is 0.979 bits per heavy atom. The minimum Gasteiger partial charge on any atom is -0.228 e. The first-order valence-corrected chi connectivity index (χ1v) is 16.4. The van der Waals surface area contributed by atoms with Crippen LogP contribution in [-0.4, -0.2) is 9.97 Å². The lowest BCUT2D eigenvalue weighted by Gasteiger charge is -2.46. The highest BCUT2D eigenvalue weighted by molar-refractivity contribution is 5.90. The molecular formula is C45H31N3. The lowest BCUT2D eigenvalue weighted by Crippen LogP contribution is -2.40. The van der Waals surface area contributed by atoms with Gasteiger partial charge in [-0.1, -0.05) is 141 Å². The van der Waals surface area contributed by atoms with Crippen molar-refractivity contribution in [3.63, 3.8) is 0 Å². The quantitative estimate of drug-likeness (QED) is 0.199. The maximum absolute atomic E-state index is 9.38. The van der Waals surface area contributed by atoms with Gasteiger partial charge in [-0.3, -0.25) is 0 Å². The van der Waals surface area contributed by atoms with Crippen LogP contribution in [0.5, 0.6) is 0 Å². The zero-order valence-electron chi connectivity index (χ0n) is 26.8. The summed E-state index contributed by atoms with van der Waals surface area (Å²) in [6.07, 6.45) is 0. The van der Waals surface area contributed by atoms with Gasteiger partial charge in [0.1, 0.15) is 0 Å². The Morgan fingerprint density at radius 1 is 0.458 bits per heavy atom. The van der Waals surface area contributed by atoms with E-state index in [1.807, 2.05) is 54.6 Å². The Morgan fingerprint density at radius 3 is 1.62 bits per heavy atom. The average Bonchev–Trinajstić information content (AvgIpc) is 3.44. The standard InChI is InChI=1S/C45H31N3/c1-44(2)37-16-8-10-18-39(37)45(40-19-11-9-17-38(40)44)35-15-7-6-14-33(35)34-26-32(24-25-36(34)45)42-27-41(30-22-20-29(28-46)21-23-30)47-43(48-42)31-12-4-3-5-13-31/h3-27H,1-2H3. The van der Waals surface area contributed by atoms with Crippen LogP contribution in [0.4, 0.5) is 0 Å². The van der Waals surface area contributed by atoms with E-state index in [0.29, 0.717) is 11.4 Å². The molecule has 0 unspecified atom stereocenters. The topological polar surface area (TPSA) is 49.6 Å². The highest BCUT2D eigenvalue weighted by Gasteiger charge is 2.53. The molecule has 9 rings (SSSR count). The Hall–Kier alpha value is -6.11. The Balaban J connectivity index is 1.30. The van der Waals surface area contributed by atoms with Crippen molar-refractivity contribution in [1.82, 2.24) is 9.97 Å². The van der Waals surface area contributed by atoms with Gasteiger partial charge in [0.2, 0.25) is 0 Å². The minimum absolute atomic E-state index is 0.132. The predicted molar refractivity (Wildman–Crippen MR) is 192 cm³/mol. The van der Waals surface area contributed by atoms with Crippen LogP contribution in [0.25, 0.3) is 45.0 Å². The third kappa shape index (κ3) is 3.93. The molecule has 3 heteroatoms. The molecule has 0 atom stereocenters. The van der Waals surface area contributed by atoms with Crippen LogP contribution < -0.4 is 0 Å². The number of rotatable bonds is 3. The average molecular weight is 614 g/mol. The lowest BCUT2D eigenvalue weighted by atomic mass is 9.55. The third-order valence-electron chi connectivity index (χ3n) is 10.4. The monoisotopic (exact) mass is 613 g/mol. The Kier molecular flexibility index (Phi) is 6.13. The van der Waals surface area contributed by atoms with E-state index in [9.17, 15) is 5.26 Å². The first kappa shape index (κ1) is 28.1. The van der Waals surface area contributed by atoms with E-state index in [1.165, 1.54) is 44.5 Å². The molecule has 0 N–H and O–H groups in total. The van der Waals surface area contributed by atoms with Gasteiger partial charge in [-0.15, -0.1) is 0 Å². The van der Waals surface area contributed by atoms with Gasteiger partial charge in [0.25, 0.3) is 0 Å². The molecule has 0 radical (unpaired) electrons. The highest BCUT2D eigenvalue weighted by Crippen LogP contribution is 2.62. The number of nitriles is 1. The summed E-state index contributed by atoms with van der Waals surface area (Å²) >= 11 is 0. The van der Waals surface area contributed by atoms with E-state index < -0.39 is 5.41 Å². The van der Waals surface area contributed by atoms with Crippen molar-refractivity contribution < 1.29 is 0 Å². The second-order valence-corrected chi connectivity index (χ2v) is 13.3. The summed E-state index contributed by atoms with van der Waals surface area (Å²) in [6, 6.07) is 55.9. The fourth-order valence-electron chi connectivity index (χ4n) is 8.20. The van der Waals surface area contributed by atoms with Crippen molar-refractivity contribution in [2.24, 2.45) is 0 Å². The van der Waals surface area contributed by atoms with Gasteiger partial charge >= 0.3 is 0 Å². The van der Waals surface area contributed by atoms with Crippen LogP contribution >= 0.6 is 0 Å². The van der Waals surface area contributed by atoms with Crippen LogP contribution in [0.1, 0.15) is 52.8 Å². The predicted octanol–water partition coefficient (Wildman–Crippen LogP) is 10.4. The molecule has 48 heavy (non-hydrogen) atoms. The highest BCUT2D eigenvalue weighted by atomic mass is 14.9. The zero-order valence-corrected chi connectivity index (χ0v) is 26.8. The summed E-state index contributed by atoms with van der Waals surface area (Å²) in [5.41, 5.74) is 15.2. The Bertz CT molecular complexity index is 2380. The summed E-state index contributed by atoms with van der Waals surface area (Å²) < 4.78 is 0. The summed E-state index contributed by atoms with van der Waals surface area (Å²) in [4.78, 5) is 10.1. The molecule has 0 aliphatic heterocycles. The van der Waals surface area contributed by atoms with Gasteiger partial charge in [0, 0.05) is 22.1 Å².